The number of rotatable bonds is 3. The van der Waals surface area contributed by atoms with Crippen LogP contribution in [0.3, 0.4) is 0 Å². The normalized spacial score (nSPS) is 23.6. The molecule has 134 valence electrons. The first kappa shape index (κ1) is 16.6. The number of aryl methyl sites for hydroxylation is 1. The van der Waals surface area contributed by atoms with Gasteiger partial charge in [-0.1, -0.05) is 18.2 Å². The Balaban J connectivity index is 1.39. The molecule has 2 saturated heterocycles. The van der Waals surface area contributed by atoms with Crippen LogP contribution in [0.4, 0.5) is 0 Å². The molecule has 1 aromatic carbocycles. The molecule has 0 radical (unpaired) electrons. The molecule has 0 aliphatic carbocycles. The molecule has 1 amide bonds. The number of aromatic amines is 1. The van der Waals surface area contributed by atoms with Crippen molar-refractivity contribution >= 4 is 16.8 Å². The molecule has 5 heteroatoms. The molecule has 2 aliphatic heterocycles. The smallest absolute Gasteiger partial charge is 0.225 e. The maximum Gasteiger partial charge on any atom is 0.225 e. The number of piperidine rings is 1. The van der Waals surface area contributed by atoms with Gasteiger partial charge in [0.25, 0.3) is 0 Å². The number of fused-ring (bicyclic) bond motifs is 1. The highest BCUT2D eigenvalue weighted by atomic mass is 16.5. The molecule has 0 unspecified atom stereocenters. The Morgan fingerprint density at radius 2 is 2.08 bits per heavy atom. The second-order valence-corrected chi connectivity index (χ2v) is 7.58. The van der Waals surface area contributed by atoms with Gasteiger partial charge in [-0.3, -0.25) is 4.79 Å². The quantitative estimate of drug-likeness (QED) is 0.934. The number of likely N-dealkylation sites (tertiary alicyclic amines) is 1. The van der Waals surface area contributed by atoms with Gasteiger partial charge in [-0.15, -0.1) is 0 Å². The van der Waals surface area contributed by atoms with Crippen LogP contribution < -0.4 is 0 Å². The maximum absolute atomic E-state index is 12.8. The number of nitrogens with zero attached hydrogens (tertiary/aromatic N) is 2. The van der Waals surface area contributed by atoms with Gasteiger partial charge in [-0.25, -0.2) is 0 Å². The molecule has 5 nitrogen and oxygen atoms in total. The maximum atomic E-state index is 12.8. The monoisotopic (exact) mass is 341 g/mol. The average Bonchev–Trinajstić information content (AvgIpc) is 3.17. The Morgan fingerprint density at radius 1 is 1.32 bits per heavy atom. The number of hydrogen-bond donors (Lipinski definition) is 1. The summed E-state index contributed by atoms with van der Waals surface area (Å²) in [6, 6.07) is 8.25. The van der Waals surface area contributed by atoms with E-state index in [1.54, 1.807) is 0 Å². The van der Waals surface area contributed by atoms with Gasteiger partial charge >= 0.3 is 0 Å². The fourth-order valence-corrected chi connectivity index (χ4v) is 4.22. The highest BCUT2D eigenvalue weighted by Gasteiger charge is 2.46. The Labute approximate surface area is 148 Å². The summed E-state index contributed by atoms with van der Waals surface area (Å²) in [4.78, 5) is 20.4. The van der Waals surface area contributed by atoms with E-state index in [0.29, 0.717) is 6.42 Å². The molecule has 2 aromatic rings. The van der Waals surface area contributed by atoms with Gasteiger partial charge in [0, 0.05) is 36.6 Å². The molecule has 2 aliphatic rings. The first-order valence-corrected chi connectivity index (χ1v) is 9.27. The number of H-pyrrole nitrogens is 1. The number of amides is 1. The summed E-state index contributed by atoms with van der Waals surface area (Å²) in [5.41, 5.74) is 2.22. The van der Waals surface area contributed by atoms with E-state index >= 15 is 0 Å². The summed E-state index contributed by atoms with van der Waals surface area (Å²) in [7, 11) is 2.15. The first-order valence-electron chi connectivity index (χ1n) is 9.27. The third-order valence-electron chi connectivity index (χ3n) is 5.82. The van der Waals surface area contributed by atoms with Crippen molar-refractivity contribution in [3.8, 4) is 0 Å². The molecular weight excluding hydrogens is 314 g/mol. The van der Waals surface area contributed by atoms with Crippen LogP contribution in [-0.4, -0.2) is 59.2 Å². The summed E-state index contributed by atoms with van der Waals surface area (Å²) >= 11 is 0. The van der Waals surface area contributed by atoms with Gasteiger partial charge in [-0.2, -0.15) is 0 Å². The van der Waals surface area contributed by atoms with Crippen molar-refractivity contribution in [1.82, 2.24) is 14.8 Å². The van der Waals surface area contributed by atoms with Crippen LogP contribution >= 0.6 is 0 Å². The molecule has 1 aromatic heterocycles. The van der Waals surface area contributed by atoms with Crippen LogP contribution in [-0.2, 0) is 16.0 Å². The van der Waals surface area contributed by atoms with Crippen molar-refractivity contribution in [2.75, 3.05) is 26.7 Å². The van der Waals surface area contributed by atoms with Crippen LogP contribution in [0.25, 0.3) is 10.9 Å². The molecule has 1 spiro atoms. The lowest BCUT2D eigenvalue weighted by atomic mass is 9.91. The summed E-state index contributed by atoms with van der Waals surface area (Å²) in [6.45, 7) is 4.85. The number of aromatic nitrogens is 1. The number of ether oxygens (including phenoxy) is 1. The largest absolute Gasteiger partial charge is 0.361 e. The van der Waals surface area contributed by atoms with E-state index in [-0.39, 0.29) is 17.7 Å². The standard InChI is InChI=1S/C20H27N3O2/c1-15-23(14-20(25-15)9-11-22(2)12-10-20)19(24)8-7-16-13-21-18-6-4-3-5-17(16)18/h3-6,13,15,21H,7-12,14H2,1-2H3/t15-/m0/s1. The lowest BCUT2D eigenvalue weighted by Crippen LogP contribution is -2.46. The van der Waals surface area contributed by atoms with E-state index in [9.17, 15) is 4.79 Å². The molecule has 0 bridgehead atoms. The van der Waals surface area contributed by atoms with E-state index in [1.165, 1.54) is 10.9 Å². The first-order chi connectivity index (χ1) is 12.1. The summed E-state index contributed by atoms with van der Waals surface area (Å²) in [6.07, 6.45) is 5.24. The van der Waals surface area contributed by atoms with E-state index in [0.717, 1.165) is 44.4 Å². The zero-order valence-corrected chi connectivity index (χ0v) is 15.1. The van der Waals surface area contributed by atoms with Crippen LogP contribution in [0.2, 0.25) is 0 Å². The molecule has 1 N–H and O–H groups in total. The fraction of sp³-hybridized carbons (Fsp3) is 0.550. The summed E-state index contributed by atoms with van der Waals surface area (Å²) < 4.78 is 6.25. The SMILES string of the molecule is C[C@@H]1OC2(CCN(C)CC2)CN1C(=O)CCc1c[nH]c2ccccc12. The van der Waals surface area contributed by atoms with Crippen molar-refractivity contribution in [2.45, 2.75) is 44.4 Å². The minimum Gasteiger partial charge on any atom is -0.361 e. The summed E-state index contributed by atoms with van der Waals surface area (Å²) in [5, 5.41) is 1.22. The lowest BCUT2D eigenvalue weighted by molar-refractivity contribution is -0.136. The van der Waals surface area contributed by atoms with Gasteiger partial charge in [0.05, 0.1) is 12.1 Å². The molecule has 3 heterocycles. The highest BCUT2D eigenvalue weighted by Crippen LogP contribution is 2.35. The number of nitrogens with one attached hydrogen (secondary N) is 1. The molecule has 1 atom stereocenters. The molecule has 0 saturated carbocycles. The van der Waals surface area contributed by atoms with Gasteiger partial charge in [0.15, 0.2) is 0 Å². The number of carbonyl (C=O) groups is 1. The van der Waals surface area contributed by atoms with Gasteiger partial charge < -0.3 is 19.5 Å². The second kappa shape index (κ2) is 6.46. The van der Waals surface area contributed by atoms with E-state index in [2.05, 4.69) is 29.1 Å². The average molecular weight is 341 g/mol. The second-order valence-electron chi connectivity index (χ2n) is 7.58. The third-order valence-corrected chi connectivity index (χ3v) is 5.82. The van der Waals surface area contributed by atoms with Crippen molar-refractivity contribution < 1.29 is 9.53 Å². The minimum absolute atomic E-state index is 0.112. The lowest BCUT2D eigenvalue weighted by Gasteiger charge is -2.36. The van der Waals surface area contributed by atoms with E-state index in [1.807, 2.05) is 30.2 Å². The zero-order chi connectivity index (χ0) is 17.4. The number of para-hydroxylation sites is 1. The van der Waals surface area contributed by atoms with Crippen LogP contribution in [0, 0.1) is 0 Å². The minimum atomic E-state index is -0.123. The van der Waals surface area contributed by atoms with Crippen molar-refractivity contribution in [3.63, 3.8) is 0 Å². The molecule has 4 rings (SSSR count). The van der Waals surface area contributed by atoms with Crippen molar-refractivity contribution in [1.29, 1.82) is 0 Å². The Hall–Kier alpha value is -1.85. The summed E-state index contributed by atoms with van der Waals surface area (Å²) in [5.74, 6) is 0.202. The Morgan fingerprint density at radius 3 is 2.88 bits per heavy atom. The van der Waals surface area contributed by atoms with E-state index < -0.39 is 0 Å². The fourth-order valence-electron chi connectivity index (χ4n) is 4.22. The highest BCUT2D eigenvalue weighted by molar-refractivity contribution is 5.84. The zero-order valence-electron chi connectivity index (χ0n) is 15.1. The molecule has 2 fully saturated rings. The topological polar surface area (TPSA) is 48.6 Å². The van der Waals surface area contributed by atoms with Gasteiger partial charge in [-0.05, 0) is 44.9 Å². The number of carbonyl (C=O) groups excluding carboxylic acids is 1. The van der Waals surface area contributed by atoms with Crippen molar-refractivity contribution in [2.24, 2.45) is 0 Å². The Kier molecular flexibility index (Phi) is 4.29. The third kappa shape index (κ3) is 3.18. The number of benzene rings is 1. The van der Waals surface area contributed by atoms with Gasteiger partial charge in [0.1, 0.15) is 6.23 Å². The van der Waals surface area contributed by atoms with Gasteiger partial charge in [0.2, 0.25) is 5.91 Å². The van der Waals surface area contributed by atoms with Crippen molar-refractivity contribution in [3.05, 3.63) is 36.0 Å². The van der Waals surface area contributed by atoms with E-state index in [4.69, 9.17) is 4.74 Å². The van der Waals surface area contributed by atoms with Crippen LogP contribution in [0.1, 0.15) is 31.7 Å². The predicted octanol–water partition coefficient (Wildman–Crippen LogP) is 2.77. The van der Waals surface area contributed by atoms with Crippen LogP contribution in [0.15, 0.2) is 30.5 Å². The predicted molar refractivity (Wildman–Crippen MR) is 98.3 cm³/mol. The molecular formula is C20H27N3O2. The van der Waals surface area contributed by atoms with Crippen LogP contribution in [0.5, 0.6) is 0 Å². The Bertz CT molecular complexity index is 761. The number of hydrogen-bond acceptors (Lipinski definition) is 3. The molecule has 25 heavy (non-hydrogen) atoms.